The number of likely N-dealkylation sites (N-methyl/N-ethyl adjacent to an activating group) is 1. The fraction of sp³-hybridized carbons (Fsp3) is 0.393. The van der Waals surface area contributed by atoms with Crippen LogP contribution in [0, 0.1) is 6.92 Å². The van der Waals surface area contributed by atoms with Gasteiger partial charge in [0.05, 0.1) is 18.7 Å². The summed E-state index contributed by atoms with van der Waals surface area (Å²) in [6.45, 7) is 7.49. The molecule has 2 amide bonds. The predicted octanol–water partition coefficient (Wildman–Crippen LogP) is 3.64. The Morgan fingerprint density at radius 2 is 1.83 bits per heavy atom. The van der Waals surface area contributed by atoms with Crippen LogP contribution in [-0.2, 0) is 20.9 Å². The van der Waals surface area contributed by atoms with Crippen molar-refractivity contribution in [2.75, 3.05) is 33.8 Å². The molecule has 35 heavy (non-hydrogen) atoms. The highest BCUT2D eigenvalue weighted by molar-refractivity contribution is 5.96. The number of amides is 2. The average molecular weight is 478 g/mol. The lowest BCUT2D eigenvalue weighted by atomic mass is 9.83. The van der Waals surface area contributed by atoms with E-state index < -0.39 is 5.97 Å². The Balaban J connectivity index is 1.83. The molecule has 186 valence electrons. The average Bonchev–Trinajstić information content (AvgIpc) is 2.81. The van der Waals surface area contributed by atoms with Gasteiger partial charge in [0.25, 0.3) is 5.91 Å². The van der Waals surface area contributed by atoms with Gasteiger partial charge in [0, 0.05) is 36.7 Å². The molecule has 1 atom stereocenters. The minimum absolute atomic E-state index is 0.0486. The van der Waals surface area contributed by atoms with E-state index in [1.54, 1.807) is 30.9 Å². The molecular weight excluding hydrogens is 442 g/mol. The molecule has 2 aromatic carbocycles. The third-order valence-corrected chi connectivity index (χ3v) is 6.16. The van der Waals surface area contributed by atoms with Crippen LogP contribution in [0.4, 0.5) is 0 Å². The Bertz CT molecular complexity index is 1110. The maximum atomic E-state index is 13.2. The van der Waals surface area contributed by atoms with E-state index in [0.29, 0.717) is 29.9 Å². The van der Waals surface area contributed by atoms with Crippen LogP contribution in [0.5, 0.6) is 0 Å². The van der Waals surface area contributed by atoms with E-state index in [1.807, 2.05) is 62.3 Å². The van der Waals surface area contributed by atoms with E-state index in [0.717, 1.165) is 23.2 Å². The Morgan fingerprint density at radius 1 is 1.11 bits per heavy atom. The minimum Gasteiger partial charge on any atom is -0.463 e. The molecule has 1 N–H and O–H groups in total. The third kappa shape index (κ3) is 6.57. The first kappa shape index (κ1) is 26.2. The van der Waals surface area contributed by atoms with Crippen molar-refractivity contribution < 1.29 is 19.1 Å². The van der Waals surface area contributed by atoms with Gasteiger partial charge >= 0.3 is 5.97 Å². The second-order valence-electron chi connectivity index (χ2n) is 9.13. The van der Waals surface area contributed by atoms with Gasteiger partial charge in [0.15, 0.2) is 0 Å². The normalized spacial score (nSPS) is 16.0. The number of nitrogens with one attached hydrogen (secondary N) is 1. The summed E-state index contributed by atoms with van der Waals surface area (Å²) >= 11 is 0. The molecule has 0 spiro atoms. The number of benzene rings is 2. The van der Waals surface area contributed by atoms with Gasteiger partial charge in [-0.1, -0.05) is 42.0 Å². The quantitative estimate of drug-likeness (QED) is 0.558. The summed E-state index contributed by atoms with van der Waals surface area (Å²) in [5, 5.41) is 2.90. The van der Waals surface area contributed by atoms with E-state index in [9.17, 15) is 14.4 Å². The second kappa shape index (κ2) is 11.8. The monoisotopic (exact) mass is 477 g/mol. The van der Waals surface area contributed by atoms with Crippen LogP contribution in [-0.4, -0.2) is 61.4 Å². The molecular formula is C28H35N3O4. The maximum absolute atomic E-state index is 13.2. The van der Waals surface area contributed by atoms with Crippen molar-refractivity contribution in [1.82, 2.24) is 15.1 Å². The fourth-order valence-electron chi connectivity index (χ4n) is 4.29. The Labute approximate surface area is 207 Å². The summed E-state index contributed by atoms with van der Waals surface area (Å²) in [5.41, 5.74) is 4.58. The van der Waals surface area contributed by atoms with Crippen LogP contribution in [0.1, 0.15) is 53.2 Å². The number of nitrogens with zero attached hydrogens (tertiary/aromatic N) is 2. The number of allylic oxidation sites excluding steroid dienone is 1. The Kier molecular flexibility index (Phi) is 8.82. The van der Waals surface area contributed by atoms with E-state index in [-0.39, 0.29) is 30.8 Å². The SMILES string of the molecule is CCOC(=O)C1=C(C)N(Cc2ccc(C(=O)NCCN(C)C)cc2)C(=O)CC1c1cccc(C)c1. The number of hydrogen-bond donors (Lipinski definition) is 1. The number of aryl methyl sites for hydroxylation is 1. The van der Waals surface area contributed by atoms with Crippen molar-refractivity contribution in [3.8, 4) is 0 Å². The van der Waals surface area contributed by atoms with Crippen LogP contribution in [0.15, 0.2) is 59.8 Å². The molecule has 7 heteroatoms. The first-order valence-electron chi connectivity index (χ1n) is 12.0. The standard InChI is InChI=1S/C28H35N3O4/c1-6-35-28(34)26-20(3)31(25(32)17-24(26)23-9-7-8-19(2)16-23)18-21-10-12-22(13-11-21)27(33)29-14-15-30(4)5/h7-13,16,24H,6,14-15,17-18H2,1-5H3,(H,29,33). The minimum atomic E-state index is -0.390. The first-order chi connectivity index (χ1) is 16.7. The summed E-state index contributed by atoms with van der Waals surface area (Å²) in [7, 11) is 3.91. The van der Waals surface area contributed by atoms with Gasteiger partial charge in [-0.25, -0.2) is 4.79 Å². The fourth-order valence-corrected chi connectivity index (χ4v) is 4.29. The van der Waals surface area contributed by atoms with Crippen molar-refractivity contribution in [2.24, 2.45) is 0 Å². The van der Waals surface area contributed by atoms with Gasteiger partial charge in [0.2, 0.25) is 5.91 Å². The van der Waals surface area contributed by atoms with Gasteiger partial charge in [-0.15, -0.1) is 0 Å². The smallest absolute Gasteiger partial charge is 0.336 e. The highest BCUT2D eigenvalue weighted by Crippen LogP contribution is 2.38. The molecule has 0 bridgehead atoms. The molecule has 0 fully saturated rings. The molecule has 0 radical (unpaired) electrons. The molecule has 1 aliphatic heterocycles. The summed E-state index contributed by atoms with van der Waals surface area (Å²) in [4.78, 5) is 42.2. The Hall–Kier alpha value is -3.45. The summed E-state index contributed by atoms with van der Waals surface area (Å²) in [6.07, 6.45) is 0.196. The van der Waals surface area contributed by atoms with Crippen LogP contribution in [0.2, 0.25) is 0 Å². The second-order valence-corrected chi connectivity index (χ2v) is 9.13. The highest BCUT2D eigenvalue weighted by atomic mass is 16.5. The number of hydrogen-bond acceptors (Lipinski definition) is 5. The summed E-state index contributed by atoms with van der Waals surface area (Å²) in [5.74, 6) is -0.911. The molecule has 7 nitrogen and oxygen atoms in total. The molecule has 1 aliphatic rings. The van der Waals surface area contributed by atoms with Crippen LogP contribution in [0.3, 0.4) is 0 Å². The van der Waals surface area contributed by atoms with Crippen molar-refractivity contribution in [3.63, 3.8) is 0 Å². The molecule has 0 aliphatic carbocycles. The van der Waals surface area contributed by atoms with Crippen molar-refractivity contribution >= 4 is 17.8 Å². The third-order valence-electron chi connectivity index (χ3n) is 6.16. The number of ether oxygens (including phenoxy) is 1. The van der Waals surface area contributed by atoms with Gasteiger partial charge in [-0.05, 0) is 58.1 Å². The van der Waals surface area contributed by atoms with Crippen LogP contribution in [0.25, 0.3) is 0 Å². The van der Waals surface area contributed by atoms with Crippen molar-refractivity contribution in [1.29, 1.82) is 0 Å². The largest absolute Gasteiger partial charge is 0.463 e. The van der Waals surface area contributed by atoms with Crippen LogP contribution < -0.4 is 5.32 Å². The number of carbonyl (C=O) groups is 3. The maximum Gasteiger partial charge on any atom is 0.336 e. The predicted molar refractivity (Wildman–Crippen MR) is 136 cm³/mol. The molecule has 1 heterocycles. The molecule has 0 saturated heterocycles. The molecule has 3 rings (SSSR count). The molecule has 1 unspecified atom stereocenters. The van der Waals surface area contributed by atoms with Gasteiger partial charge in [-0.3, -0.25) is 9.59 Å². The molecule has 2 aromatic rings. The van der Waals surface area contributed by atoms with Crippen LogP contribution >= 0.6 is 0 Å². The lowest BCUT2D eigenvalue weighted by Gasteiger charge is -2.34. The lowest BCUT2D eigenvalue weighted by molar-refractivity contribution is -0.140. The van der Waals surface area contributed by atoms with Crippen molar-refractivity contribution in [3.05, 3.63) is 82.1 Å². The zero-order chi connectivity index (χ0) is 25.5. The van der Waals surface area contributed by atoms with E-state index in [2.05, 4.69) is 5.32 Å². The molecule has 0 aromatic heterocycles. The summed E-state index contributed by atoms with van der Waals surface area (Å²) in [6, 6.07) is 15.1. The van der Waals surface area contributed by atoms with Gasteiger partial charge in [-0.2, -0.15) is 0 Å². The lowest BCUT2D eigenvalue weighted by Crippen LogP contribution is -2.38. The van der Waals surface area contributed by atoms with E-state index in [1.165, 1.54) is 0 Å². The zero-order valence-corrected chi connectivity index (χ0v) is 21.3. The van der Waals surface area contributed by atoms with Gasteiger partial charge in [0.1, 0.15) is 0 Å². The van der Waals surface area contributed by atoms with Crippen molar-refractivity contribution in [2.45, 2.75) is 39.7 Å². The summed E-state index contributed by atoms with van der Waals surface area (Å²) < 4.78 is 5.37. The van der Waals surface area contributed by atoms with Gasteiger partial charge < -0.3 is 19.9 Å². The van der Waals surface area contributed by atoms with E-state index >= 15 is 0 Å². The zero-order valence-electron chi connectivity index (χ0n) is 21.3. The number of rotatable bonds is 9. The molecule has 0 saturated carbocycles. The number of carbonyl (C=O) groups excluding carboxylic acids is 3. The first-order valence-corrected chi connectivity index (χ1v) is 12.0. The number of esters is 1. The Morgan fingerprint density at radius 3 is 2.46 bits per heavy atom. The highest BCUT2D eigenvalue weighted by Gasteiger charge is 2.36. The van der Waals surface area contributed by atoms with E-state index in [4.69, 9.17) is 4.74 Å². The topological polar surface area (TPSA) is 79.0 Å².